The summed E-state index contributed by atoms with van der Waals surface area (Å²) in [5.41, 5.74) is 0. The molecule has 2 aliphatic rings. The van der Waals surface area contributed by atoms with Gasteiger partial charge in [0.25, 0.3) is 0 Å². The van der Waals surface area contributed by atoms with Gasteiger partial charge < -0.3 is 65.1 Å². The fourth-order valence-corrected chi connectivity index (χ4v) is 11.8. The summed E-state index contributed by atoms with van der Waals surface area (Å²) in [6, 6.07) is -0.950. The molecule has 0 bridgehead atoms. The van der Waals surface area contributed by atoms with E-state index in [9.17, 15) is 45.6 Å². The summed E-state index contributed by atoms with van der Waals surface area (Å²) in [5, 5.41) is 87.6. The molecule has 14 heteroatoms. The average molecular weight is 1330 g/mol. The van der Waals surface area contributed by atoms with Gasteiger partial charge in [0.15, 0.2) is 12.6 Å². The number of nitrogens with one attached hydrogen (secondary N) is 1. The van der Waals surface area contributed by atoms with E-state index in [2.05, 4.69) is 129 Å². The highest BCUT2D eigenvalue weighted by Gasteiger charge is 2.51. The molecule has 1 amide bonds. The smallest absolute Gasteiger partial charge is 0.220 e. The quantitative estimate of drug-likeness (QED) is 0.0204. The van der Waals surface area contributed by atoms with Crippen LogP contribution in [0.4, 0.5) is 0 Å². The molecule has 2 aliphatic heterocycles. The Balaban J connectivity index is 1.68. The summed E-state index contributed by atoms with van der Waals surface area (Å²) in [5.74, 6) is -0.259. The first-order valence-electron chi connectivity index (χ1n) is 38.3. The zero-order chi connectivity index (χ0) is 68.7. The molecule has 2 heterocycles. The van der Waals surface area contributed by atoms with Crippen molar-refractivity contribution in [1.29, 1.82) is 0 Å². The predicted molar refractivity (Wildman–Crippen MR) is 392 cm³/mol. The van der Waals surface area contributed by atoms with Crippen LogP contribution in [0, 0.1) is 0 Å². The van der Waals surface area contributed by atoms with E-state index in [0.717, 1.165) is 96.3 Å². The number of hydrogen-bond acceptors (Lipinski definition) is 13. The predicted octanol–water partition coefficient (Wildman–Crippen LogP) is 16.8. The summed E-state index contributed by atoms with van der Waals surface area (Å²) in [7, 11) is 0. The second kappa shape index (κ2) is 63.8. The molecule has 14 nitrogen and oxygen atoms in total. The SMILES string of the molecule is CC/C=C\C/C=C\C/C=C\C/C=C\C/C=C\C/C=C\C/C=C\CCCCCCCCCCCCCC(=O)NC(COC1OC(CO)C(OC2OC(CO)C(O)C(O)C2O)C(O)C1O)C(O)/C=C/CC/C=C/CC/C=C/CCCCCCCCCCCCCCCCCCCC. The van der Waals surface area contributed by atoms with Crippen molar-refractivity contribution in [3.8, 4) is 0 Å². The monoisotopic (exact) mass is 1330 g/mol. The highest BCUT2D eigenvalue weighted by atomic mass is 16.7. The van der Waals surface area contributed by atoms with Crippen molar-refractivity contribution in [3.63, 3.8) is 0 Å². The van der Waals surface area contributed by atoms with Gasteiger partial charge in [0.05, 0.1) is 32.0 Å². The molecule has 2 fully saturated rings. The lowest BCUT2D eigenvalue weighted by Crippen LogP contribution is -2.65. The first-order chi connectivity index (χ1) is 46.6. The van der Waals surface area contributed by atoms with Crippen molar-refractivity contribution < 1.29 is 64.6 Å². The molecule has 12 atom stereocenters. The zero-order valence-electron chi connectivity index (χ0n) is 59.6. The molecular weight excluding hydrogens is 1190 g/mol. The van der Waals surface area contributed by atoms with Crippen molar-refractivity contribution in [2.75, 3.05) is 19.8 Å². The molecule has 0 aromatic heterocycles. The Labute approximate surface area is 578 Å². The Bertz CT molecular complexity index is 2060. The van der Waals surface area contributed by atoms with E-state index in [-0.39, 0.29) is 18.9 Å². The highest BCUT2D eigenvalue weighted by Crippen LogP contribution is 2.30. The lowest BCUT2D eigenvalue weighted by molar-refractivity contribution is -0.359. The van der Waals surface area contributed by atoms with Gasteiger partial charge in [0, 0.05) is 6.42 Å². The van der Waals surface area contributed by atoms with E-state index in [1.54, 1.807) is 6.08 Å². The van der Waals surface area contributed by atoms with Gasteiger partial charge in [0.1, 0.15) is 48.8 Å². The number of ether oxygens (including phenoxy) is 4. The molecule has 2 saturated heterocycles. The number of unbranched alkanes of at least 4 members (excludes halogenated alkanes) is 31. The standard InChI is InChI=1S/C81H139NO13/c1-3-5-7-9-11-13-15-17-19-21-23-25-27-29-31-33-34-35-36-37-39-41-43-45-47-49-51-53-55-57-59-61-63-65-73(86)82-69(68-92-80-78(91)76(89)79(72(67-84)94-80)95-81-77(90)75(88)74(87)71(66-83)93-81)70(85)64-62-60-58-56-54-52-50-48-46-44-42-40-38-32-30-28-26-24-22-20-18-16-14-12-10-8-6-4-2/h5,7,11,13,17,19,23,25,29,31,34-35,37,39,46,48,54,56,62,64,69-72,74-81,83-85,87-91H,3-4,6,8-10,12,14-16,18,20-22,24,26-28,30,32-33,36,38,40-45,47,49-53,55,57-61,63,65-68H2,1-2H3,(H,82,86)/b7-5-,13-11-,19-17-,25-23-,31-29-,35-34-,39-37-,48-46+,56-54+,64-62+. The number of rotatable bonds is 62. The van der Waals surface area contributed by atoms with Crippen LogP contribution in [0.3, 0.4) is 0 Å². The number of aliphatic hydroxyl groups excluding tert-OH is 8. The molecule has 0 aromatic carbocycles. The molecule has 0 aliphatic carbocycles. The minimum atomic E-state index is -1.80. The van der Waals surface area contributed by atoms with Gasteiger partial charge in [-0.15, -0.1) is 0 Å². The van der Waals surface area contributed by atoms with E-state index in [0.29, 0.717) is 12.8 Å². The van der Waals surface area contributed by atoms with E-state index in [4.69, 9.17) is 18.9 Å². The molecule has 0 radical (unpaired) electrons. The van der Waals surface area contributed by atoms with Gasteiger partial charge in [-0.05, 0) is 103 Å². The van der Waals surface area contributed by atoms with Crippen LogP contribution in [-0.4, -0.2) is 140 Å². The van der Waals surface area contributed by atoms with Crippen LogP contribution < -0.4 is 5.32 Å². The van der Waals surface area contributed by atoms with Gasteiger partial charge in [-0.1, -0.05) is 302 Å². The maximum Gasteiger partial charge on any atom is 0.220 e. The lowest BCUT2D eigenvalue weighted by Gasteiger charge is -2.46. The maximum atomic E-state index is 13.4. The van der Waals surface area contributed by atoms with Crippen molar-refractivity contribution in [2.24, 2.45) is 0 Å². The number of carbonyl (C=O) groups is 1. The van der Waals surface area contributed by atoms with Crippen LogP contribution in [0.2, 0.25) is 0 Å². The Hall–Kier alpha value is -3.61. The van der Waals surface area contributed by atoms with E-state index < -0.39 is 86.8 Å². The minimum Gasteiger partial charge on any atom is -0.394 e. The summed E-state index contributed by atoms with van der Waals surface area (Å²) in [6.45, 7) is 2.68. The third-order valence-corrected chi connectivity index (χ3v) is 17.9. The second-order valence-electron chi connectivity index (χ2n) is 26.4. The van der Waals surface area contributed by atoms with Crippen LogP contribution in [0.25, 0.3) is 0 Å². The molecule has 546 valence electrons. The van der Waals surface area contributed by atoms with Crippen molar-refractivity contribution in [3.05, 3.63) is 122 Å². The number of aliphatic hydroxyl groups is 8. The molecule has 95 heavy (non-hydrogen) atoms. The van der Waals surface area contributed by atoms with Crippen LogP contribution in [0.15, 0.2) is 122 Å². The first kappa shape index (κ1) is 87.5. The number of allylic oxidation sites excluding steroid dienone is 19. The van der Waals surface area contributed by atoms with Gasteiger partial charge in [-0.2, -0.15) is 0 Å². The Morgan fingerprint density at radius 2 is 0.737 bits per heavy atom. The lowest BCUT2D eigenvalue weighted by atomic mass is 9.97. The van der Waals surface area contributed by atoms with Gasteiger partial charge in [-0.3, -0.25) is 4.79 Å². The zero-order valence-corrected chi connectivity index (χ0v) is 59.6. The molecular formula is C81H139NO13. The number of amides is 1. The summed E-state index contributed by atoms with van der Waals surface area (Å²) < 4.78 is 22.9. The topological polar surface area (TPSA) is 228 Å². The second-order valence-corrected chi connectivity index (χ2v) is 26.4. The first-order valence-corrected chi connectivity index (χ1v) is 38.3. The Kier molecular flexibility index (Phi) is 58.8. The van der Waals surface area contributed by atoms with Crippen molar-refractivity contribution in [2.45, 2.75) is 364 Å². The fourth-order valence-electron chi connectivity index (χ4n) is 11.8. The average Bonchev–Trinajstić information content (AvgIpc) is 0.801. The fraction of sp³-hybridized carbons (Fsp3) is 0.741. The number of carbonyl (C=O) groups excluding carboxylic acids is 1. The van der Waals surface area contributed by atoms with Crippen molar-refractivity contribution in [1.82, 2.24) is 5.32 Å². The van der Waals surface area contributed by atoms with Gasteiger partial charge in [0.2, 0.25) is 5.91 Å². The molecule has 0 saturated carbocycles. The normalized spacial score (nSPS) is 23.1. The molecule has 0 spiro atoms. The molecule has 12 unspecified atom stereocenters. The van der Waals surface area contributed by atoms with Gasteiger partial charge >= 0.3 is 0 Å². The third kappa shape index (κ3) is 47.1. The van der Waals surface area contributed by atoms with E-state index in [1.807, 2.05) is 6.08 Å². The molecule has 0 aromatic rings. The largest absolute Gasteiger partial charge is 0.394 e. The third-order valence-electron chi connectivity index (χ3n) is 17.9. The summed E-state index contributed by atoms with van der Waals surface area (Å²) in [6.07, 6.45) is 76.9. The number of hydrogen-bond donors (Lipinski definition) is 9. The van der Waals surface area contributed by atoms with E-state index >= 15 is 0 Å². The van der Waals surface area contributed by atoms with E-state index in [1.165, 1.54) is 161 Å². The highest BCUT2D eigenvalue weighted by molar-refractivity contribution is 5.76. The molecule has 2 rings (SSSR count). The van der Waals surface area contributed by atoms with Crippen LogP contribution >= 0.6 is 0 Å². The summed E-state index contributed by atoms with van der Waals surface area (Å²) in [4.78, 5) is 13.4. The van der Waals surface area contributed by atoms with Gasteiger partial charge in [-0.25, -0.2) is 0 Å². The molecule has 9 N–H and O–H groups in total. The van der Waals surface area contributed by atoms with Crippen molar-refractivity contribution >= 4 is 5.91 Å². The Morgan fingerprint density at radius 3 is 1.16 bits per heavy atom. The minimum absolute atomic E-state index is 0.259. The maximum absolute atomic E-state index is 13.4. The summed E-state index contributed by atoms with van der Waals surface area (Å²) >= 11 is 0. The van der Waals surface area contributed by atoms with Crippen LogP contribution in [0.5, 0.6) is 0 Å². The van der Waals surface area contributed by atoms with Crippen LogP contribution in [0.1, 0.15) is 290 Å². The van der Waals surface area contributed by atoms with Crippen LogP contribution in [-0.2, 0) is 23.7 Å². The Morgan fingerprint density at radius 1 is 0.389 bits per heavy atom.